The molecule has 0 aliphatic rings. The van der Waals surface area contributed by atoms with Crippen molar-refractivity contribution in [2.45, 2.75) is 52.7 Å². The van der Waals surface area contributed by atoms with E-state index in [1.165, 1.54) is 4.90 Å². The van der Waals surface area contributed by atoms with Gasteiger partial charge < -0.3 is 15.0 Å². The zero-order valence-corrected chi connectivity index (χ0v) is 20.3. The van der Waals surface area contributed by atoms with E-state index in [1.807, 2.05) is 20.8 Å². The molecule has 0 aliphatic heterocycles. The summed E-state index contributed by atoms with van der Waals surface area (Å²) < 4.78 is 5.67. The van der Waals surface area contributed by atoms with Crippen molar-refractivity contribution in [3.63, 3.8) is 0 Å². The molecule has 0 unspecified atom stereocenters. The van der Waals surface area contributed by atoms with E-state index in [1.54, 1.807) is 43.3 Å². The quantitative estimate of drug-likeness (QED) is 0.498. The van der Waals surface area contributed by atoms with Crippen molar-refractivity contribution in [3.8, 4) is 5.75 Å². The Bertz CT molecular complexity index is 916. The third kappa shape index (κ3) is 7.03. The summed E-state index contributed by atoms with van der Waals surface area (Å²) in [7, 11) is 0. The van der Waals surface area contributed by atoms with Gasteiger partial charge >= 0.3 is 0 Å². The van der Waals surface area contributed by atoms with Crippen LogP contribution in [0.2, 0.25) is 15.1 Å². The molecule has 0 bridgehead atoms. The molecule has 0 radical (unpaired) electrons. The lowest BCUT2D eigenvalue weighted by molar-refractivity contribution is -0.142. The Morgan fingerprint density at radius 2 is 1.71 bits per heavy atom. The number of benzene rings is 2. The first-order valence-electron chi connectivity index (χ1n) is 10.1. The molecule has 0 aliphatic carbocycles. The summed E-state index contributed by atoms with van der Waals surface area (Å²) in [6.07, 6.45) is 0.780. The summed E-state index contributed by atoms with van der Waals surface area (Å²) in [5.41, 5.74) is 1.41. The van der Waals surface area contributed by atoms with Crippen LogP contribution in [0.25, 0.3) is 0 Å². The second-order valence-electron chi connectivity index (χ2n) is 7.42. The molecule has 0 aromatic heterocycles. The minimum absolute atomic E-state index is 0.0101. The number of nitrogens with zero attached hydrogens (tertiary/aromatic N) is 1. The Labute approximate surface area is 198 Å². The number of aryl methyl sites for hydroxylation is 1. The summed E-state index contributed by atoms with van der Waals surface area (Å²) in [5.74, 6) is -0.105. The van der Waals surface area contributed by atoms with E-state index < -0.39 is 6.04 Å². The van der Waals surface area contributed by atoms with Crippen molar-refractivity contribution in [2.75, 3.05) is 6.61 Å². The van der Waals surface area contributed by atoms with Crippen molar-refractivity contribution in [1.82, 2.24) is 10.2 Å². The Hall–Kier alpha value is -1.95. The van der Waals surface area contributed by atoms with E-state index in [9.17, 15) is 9.59 Å². The molecule has 31 heavy (non-hydrogen) atoms. The molecule has 8 heteroatoms. The number of carbonyl (C=O) groups excluding carboxylic acids is 2. The average molecular weight is 486 g/mol. The fourth-order valence-electron chi connectivity index (χ4n) is 2.84. The Morgan fingerprint density at radius 1 is 1.06 bits per heavy atom. The van der Waals surface area contributed by atoms with Gasteiger partial charge in [0, 0.05) is 33.2 Å². The maximum atomic E-state index is 13.1. The number of rotatable bonds is 9. The number of nitrogens with one attached hydrogen (secondary N) is 1. The molecule has 5 nitrogen and oxygen atoms in total. The predicted molar refractivity (Wildman–Crippen MR) is 126 cm³/mol. The smallest absolute Gasteiger partial charge is 0.261 e. The molecule has 2 aromatic carbocycles. The lowest BCUT2D eigenvalue weighted by Crippen LogP contribution is -2.50. The number of hydrogen-bond donors (Lipinski definition) is 1. The second kappa shape index (κ2) is 11.6. The van der Waals surface area contributed by atoms with Gasteiger partial charge in [0.1, 0.15) is 11.8 Å². The van der Waals surface area contributed by atoms with Crippen LogP contribution in [0, 0.1) is 6.92 Å². The van der Waals surface area contributed by atoms with Crippen LogP contribution in [0.3, 0.4) is 0 Å². The molecule has 2 aromatic rings. The summed E-state index contributed by atoms with van der Waals surface area (Å²) in [4.78, 5) is 27.3. The molecule has 2 atom stereocenters. The monoisotopic (exact) mass is 484 g/mol. The Morgan fingerprint density at radius 3 is 2.29 bits per heavy atom. The Kier molecular flexibility index (Phi) is 9.48. The van der Waals surface area contributed by atoms with Crippen molar-refractivity contribution in [3.05, 3.63) is 62.6 Å². The van der Waals surface area contributed by atoms with Crippen LogP contribution in [-0.4, -0.2) is 35.4 Å². The fraction of sp³-hybridized carbons (Fsp3) is 0.391. The minimum atomic E-state index is -0.746. The first-order chi connectivity index (χ1) is 14.6. The van der Waals surface area contributed by atoms with Gasteiger partial charge in [0.15, 0.2) is 6.61 Å². The number of amides is 2. The van der Waals surface area contributed by atoms with Crippen LogP contribution in [-0.2, 0) is 16.1 Å². The van der Waals surface area contributed by atoms with Gasteiger partial charge in [-0.25, -0.2) is 0 Å². The topological polar surface area (TPSA) is 58.6 Å². The molecular weight excluding hydrogens is 459 g/mol. The van der Waals surface area contributed by atoms with Crippen LogP contribution in [0.5, 0.6) is 5.75 Å². The fourth-order valence-corrected chi connectivity index (χ4v) is 3.47. The van der Waals surface area contributed by atoms with Gasteiger partial charge in [-0.1, -0.05) is 47.8 Å². The van der Waals surface area contributed by atoms with E-state index in [4.69, 9.17) is 39.5 Å². The van der Waals surface area contributed by atoms with Crippen LogP contribution >= 0.6 is 34.8 Å². The molecule has 0 heterocycles. The summed E-state index contributed by atoms with van der Waals surface area (Å²) in [5, 5.41) is 4.38. The molecular formula is C23H27Cl3N2O3. The van der Waals surface area contributed by atoms with Gasteiger partial charge in [0.05, 0.1) is 0 Å². The van der Waals surface area contributed by atoms with E-state index in [2.05, 4.69) is 5.32 Å². The van der Waals surface area contributed by atoms with Gasteiger partial charge in [0.2, 0.25) is 5.91 Å². The molecule has 2 rings (SSSR count). The molecule has 0 saturated heterocycles. The van der Waals surface area contributed by atoms with E-state index in [0.29, 0.717) is 26.4 Å². The highest BCUT2D eigenvalue weighted by atomic mass is 35.5. The molecule has 0 saturated carbocycles. The van der Waals surface area contributed by atoms with Crippen molar-refractivity contribution >= 4 is 46.6 Å². The SMILES string of the molecule is CC[C@H](C)NC(=O)[C@H](C)N(Cc1c(Cl)cccc1Cl)C(=O)COc1ccc(Cl)c(C)c1. The van der Waals surface area contributed by atoms with Crippen LogP contribution in [0.15, 0.2) is 36.4 Å². The highest BCUT2D eigenvalue weighted by Gasteiger charge is 2.28. The highest BCUT2D eigenvalue weighted by Crippen LogP contribution is 2.27. The highest BCUT2D eigenvalue weighted by molar-refractivity contribution is 6.36. The Balaban J connectivity index is 2.23. The lowest BCUT2D eigenvalue weighted by atomic mass is 10.1. The minimum Gasteiger partial charge on any atom is -0.484 e. The van der Waals surface area contributed by atoms with Crippen molar-refractivity contribution < 1.29 is 14.3 Å². The zero-order valence-electron chi connectivity index (χ0n) is 18.0. The van der Waals surface area contributed by atoms with Gasteiger partial charge in [-0.15, -0.1) is 0 Å². The molecule has 168 valence electrons. The third-order valence-corrected chi connectivity index (χ3v) is 6.18. The summed E-state index contributed by atoms with van der Waals surface area (Å²) >= 11 is 18.7. The average Bonchev–Trinajstić information content (AvgIpc) is 2.73. The largest absolute Gasteiger partial charge is 0.484 e. The zero-order chi connectivity index (χ0) is 23.1. The maximum absolute atomic E-state index is 13.1. The first kappa shape index (κ1) is 25.3. The summed E-state index contributed by atoms with van der Waals surface area (Å²) in [6.45, 7) is 7.24. The van der Waals surface area contributed by atoms with E-state index >= 15 is 0 Å². The maximum Gasteiger partial charge on any atom is 0.261 e. The normalized spacial score (nSPS) is 12.7. The summed E-state index contributed by atoms with van der Waals surface area (Å²) in [6, 6.07) is 9.52. The number of ether oxygens (including phenoxy) is 1. The molecule has 2 amide bonds. The van der Waals surface area contributed by atoms with Gasteiger partial charge in [0.25, 0.3) is 5.91 Å². The lowest BCUT2D eigenvalue weighted by Gasteiger charge is -2.30. The standard InChI is InChI=1S/C23H27Cl3N2O3/c1-5-15(3)27-23(30)16(4)28(12-18-20(25)7-6-8-21(18)26)22(29)13-31-17-9-10-19(24)14(2)11-17/h6-11,15-16H,5,12-13H2,1-4H3,(H,27,30)/t15-,16-/m0/s1. The van der Waals surface area contributed by atoms with Crippen LogP contribution < -0.4 is 10.1 Å². The first-order valence-corrected chi connectivity index (χ1v) is 11.2. The third-order valence-electron chi connectivity index (χ3n) is 5.05. The molecule has 1 N–H and O–H groups in total. The number of halogens is 3. The van der Waals surface area contributed by atoms with Crippen molar-refractivity contribution in [1.29, 1.82) is 0 Å². The molecule has 0 spiro atoms. The second-order valence-corrected chi connectivity index (χ2v) is 8.64. The molecule has 0 fully saturated rings. The van der Waals surface area contributed by atoms with Gasteiger partial charge in [-0.3, -0.25) is 9.59 Å². The van der Waals surface area contributed by atoms with Crippen molar-refractivity contribution in [2.24, 2.45) is 0 Å². The van der Waals surface area contributed by atoms with Crippen LogP contribution in [0.1, 0.15) is 38.3 Å². The number of carbonyl (C=O) groups is 2. The van der Waals surface area contributed by atoms with E-state index in [-0.39, 0.29) is 31.0 Å². The predicted octanol–water partition coefficient (Wildman–Crippen LogP) is 5.67. The van der Waals surface area contributed by atoms with Gasteiger partial charge in [-0.2, -0.15) is 0 Å². The number of hydrogen-bond acceptors (Lipinski definition) is 3. The van der Waals surface area contributed by atoms with Gasteiger partial charge in [-0.05, 0) is 63.1 Å². The van der Waals surface area contributed by atoms with E-state index in [0.717, 1.165) is 12.0 Å². The van der Waals surface area contributed by atoms with Crippen LogP contribution in [0.4, 0.5) is 0 Å².